The number of aromatic nitrogens is 4. The van der Waals surface area contributed by atoms with E-state index in [1.54, 1.807) is 16.8 Å². The number of benzene rings is 3. The van der Waals surface area contributed by atoms with Crippen molar-refractivity contribution in [1.29, 1.82) is 0 Å². The largest absolute Gasteiger partial charge is 0.479 e. The standard InChI is InChI=1S/C27H25ClN4O3S.C4H10/c1-14-12-19-24(36-25(29-19)16-8-11-20-18(13-16)30-31-32(20)5)22(15-6-9-17(28)10-7-15)21(14)23(26(33)34)35-27(2,3)4;1-3-4-2/h6-13,23H,1-5H3,(H,33,34);3-4H2,1-2H3. The Labute approximate surface area is 243 Å². The number of ether oxygens (including phenoxy) is 1. The fraction of sp³-hybridized carbons (Fsp3) is 0.355. The summed E-state index contributed by atoms with van der Waals surface area (Å²) in [6, 6.07) is 15.3. The molecule has 0 bridgehead atoms. The number of unbranched alkanes of at least 4 members (excludes halogenated alkanes) is 1. The molecule has 40 heavy (non-hydrogen) atoms. The molecule has 0 saturated heterocycles. The van der Waals surface area contributed by atoms with E-state index < -0.39 is 17.7 Å². The van der Waals surface area contributed by atoms with Gasteiger partial charge in [0.05, 0.1) is 21.3 Å². The van der Waals surface area contributed by atoms with Crippen molar-refractivity contribution in [2.75, 3.05) is 0 Å². The third-order valence-corrected chi connectivity index (χ3v) is 7.77. The highest BCUT2D eigenvalue weighted by Gasteiger charge is 2.32. The highest BCUT2D eigenvalue weighted by atomic mass is 35.5. The van der Waals surface area contributed by atoms with Gasteiger partial charge in [-0.2, -0.15) is 0 Å². The summed E-state index contributed by atoms with van der Waals surface area (Å²) in [4.78, 5) is 17.4. The Bertz CT molecular complexity index is 1650. The molecule has 1 N–H and O–H groups in total. The number of carbonyl (C=O) groups is 1. The van der Waals surface area contributed by atoms with E-state index >= 15 is 0 Å². The summed E-state index contributed by atoms with van der Waals surface area (Å²) < 4.78 is 8.70. The zero-order chi connectivity index (χ0) is 29.2. The summed E-state index contributed by atoms with van der Waals surface area (Å²) in [5.41, 5.74) is 5.84. The second kappa shape index (κ2) is 12.0. The van der Waals surface area contributed by atoms with Crippen LogP contribution in [0.3, 0.4) is 0 Å². The third kappa shape index (κ3) is 6.35. The lowest BCUT2D eigenvalue weighted by Crippen LogP contribution is -2.28. The number of nitrogens with zero attached hydrogens (tertiary/aromatic N) is 4. The van der Waals surface area contributed by atoms with Gasteiger partial charge in [0.2, 0.25) is 0 Å². The minimum atomic E-state index is -1.15. The molecule has 1 atom stereocenters. The zero-order valence-corrected chi connectivity index (χ0v) is 25.5. The molecule has 0 aliphatic rings. The molecule has 210 valence electrons. The van der Waals surface area contributed by atoms with E-state index in [4.69, 9.17) is 21.3 Å². The first-order valence-corrected chi connectivity index (χ1v) is 14.5. The third-order valence-electron chi connectivity index (χ3n) is 6.38. The summed E-state index contributed by atoms with van der Waals surface area (Å²) in [5.74, 6) is -1.04. The number of halogens is 1. The molecule has 1 unspecified atom stereocenters. The molecule has 5 rings (SSSR count). The maximum atomic E-state index is 12.5. The number of fused-ring (bicyclic) bond motifs is 2. The topological polar surface area (TPSA) is 90.1 Å². The molecular weight excluding hydrogens is 544 g/mol. The number of rotatable bonds is 6. The fourth-order valence-corrected chi connectivity index (χ4v) is 5.58. The molecule has 0 saturated carbocycles. The first kappa shape index (κ1) is 29.6. The molecule has 2 heterocycles. The lowest BCUT2D eigenvalue weighted by molar-refractivity contribution is -0.160. The molecule has 0 amide bonds. The maximum Gasteiger partial charge on any atom is 0.337 e. The van der Waals surface area contributed by atoms with Crippen molar-refractivity contribution in [3.05, 3.63) is 64.7 Å². The lowest BCUT2D eigenvalue weighted by Gasteiger charge is -2.28. The number of hydrogen-bond donors (Lipinski definition) is 1. The van der Waals surface area contributed by atoms with Crippen molar-refractivity contribution in [3.63, 3.8) is 0 Å². The average Bonchev–Trinajstić information content (AvgIpc) is 3.50. The number of hydrogen-bond acceptors (Lipinski definition) is 6. The van der Waals surface area contributed by atoms with Gasteiger partial charge < -0.3 is 9.84 Å². The summed E-state index contributed by atoms with van der Waals surface area (Å²) in [7, 11) is 1.86. The molecule has 0 radical (unpaired) electrons. The van der Waals surface area contributed by atoms with Crippen LogP contribution >= 0.6 is 22.9 Å². The zero-order valence-electron chi connectivity index (χ0n) is 23.9. The number of carboxylic acid groups (broad SMARTS) is 1. The van der Waals surface area contributed by atoms with Crippen LogP contribution in [0.1, 0.15) is 64.7 Å². The summed E-state index contributed by atoms with van der Waals surface area (Å²) in [6.45, 7) is 11.8. The Balaban J connectivity index is 0.000000867. The molecule has 0 spiro atoms. The first-order valence-electron chi connectivity index (χ1n) is 13.3. The van der Waals surface area contributed by atoms with Gasteiger partial charge in [0.15, 0.2) is 6.10 Å². The molecule has 0 fully saturated rings. The van der Waals surface area contributed by atoms with Gasteiger partial charge in [0.25, 0.3) is 0 Å². The van der Waals surface area contributed by atoms with Crippen molar-refractivity contribution in [3.8, 4) is 21.7 Å². The molecule has 9 heteroatoms. The predicted molar refractivity (Wildman–Crippen MR) is 164 cm³/mol. The molecule has 0 aliphatic heterocycles. The second-order valence-corrected chi connectivity index (χ2v) is 12.2. The van der Waals surface area contributed by atoms with E-state index in [0.717, 1.165) is 48.5 Å². The van der Waals surface area contributed by atoms with Crippen LogP contribution in [0, 0.1) is 6.92 Å². The van der Waals surface area contributed by atoms with Crippen LogP contribution in [0.5, 0.6) is 0 Å². The molecule has 0 aliphatic carbocycles. The van der Waals surface area contributed by atoms with Gasteiger partial charge in [-0.1, -0.05) is 55.6 Å². The molecule has 2 aromatic heterocycles. The van der Waals surface area contributed by atoms with Crippen LogP contribution < -0.4 is 0 Å². The normalized spacial score (nSPS) is 12.4. The fourth-order valence-electron chi connectivity index (χ4n) is 4.34. The van der Waals surface area contributed by atoms with E-state index in [1.165, 1.54) is 24.2 Å². The van der Waals surface area contributed by atoms with Crippen molar-refractivity contribution in [2.24, 2.45) is 7.05 Å². The SMILES string of the molecule is CCCC.Cc1cc2nc(-c3ccc4c(c3)nnn4C)sc2c(-c2ccc(Cl)cc2)c1C(OC(C)(C)C)C(=O)O. The molecule has 5 aromatic rings. The minimum absolute atomic E-state index is 0.604. The minimum Gasteiger partial charge on any atom is -0.479 e. The van der Waals surface area contributed by atoms with Gasteiger partial charge in [-0.25, -0.2) is 14.5 Å². The predicted octanol–water partition coefficient (Wildman–Crippen LogP) is 8.62. The van der Waals surface area contributed by atoms with Crippen LogP contribution in [-0.2, 0) is 16.6 Å². The maximum absolute atomic E-state index is 12.5. The lowest BCUT2D eigenvalue weighted by atomic mass is 9.91. The number of carboxylic acids is 1. The van der Waals surface area contributed by atoms with Crippen LogP contribution in [0.2, 0.25) is 5.02 Å². The van der Waals surface area contributed by atoms with E-state index in [2.05, 4.69) is 24.2 Å². The first-order chi connectivity index (χ1) is 18.9. The van der Waals surface area contributed by atoms with Gasteiger partial charge in [0.1, 0.15) is 10.5 Å². The number of aryl methyl sites for hydroxylation is 2. The van der Waals surface area contributed by atoms with Crippen LogP contribution in [-0.4, -0.2) is 36.7 Å². The Morgan fingerprint density at radius 3 is 2.30 bits per heavy atom. The van der Waals surface area contributed by atoms with E-state index in [-0.39, 0.29) is 0 Å². The van der Waals surface area contributed by atoms with Crippen LogP contribution in [0.15, 0.2) is 48.5 Å². The van der Waals surface area contributed by atoms with Crippen molar-refractivity contribution < 1.29 is 14.6 Å². The summed E-state index contributed by atoms with van der Waals surface area (Å²) in [5, 5.41) is 20.0. The van der Waals surface area contributed by atoms with Crippen molar-refractivity contribution in [1.82, 2.24) is 20.0 Å². The van der Waals surface area contributed by atoms with E-state index in [1.807, 2.05) is 71.1 Å². The quantitative estimate of drug-likeness (QED) is 0.217. The summed E-state index contributed by atoms with van der Waals surface area (Å²) >= 11 is 7.69. The van der Waals surface area contributed by atoms with Crippen LogP contribution in [0.4, 0.5) is 0 Å². The monoisotopic (exact) mass is 578 g/mol. The van der Waals surface area contributed by atoms with Crippen LogP contribution in [0.25, 0.3) is 42.9 Å². The summed E-state index contributed by atoms with van der Waals surface area (Å²) in [6.07, 6.45) is 1.49. The van der Waals surface area contributed by atoms with E-state index in [0.29, 0.717) is 10.6 Å². The Morgan fingerprint density at radius 2 is 1.70 bits per heavy atom. The molecular formula is C31H35ClN4O3S. The molecule has 3 aromatic carbocycles. The van der Waals surface area contributed by atoms with Gasteiger partial charge in [-0.15, -0.1) is 16.4 Å². The Hall–Kier alpha value is -3.33. The van der Waals surface area contributed by atoms with Gasteiger partial charge in [0, 0.05) is 28.8 Å². The van der Waals surface area contributed by atoms with Gasteiger partial charge in [-0.05, 0) is 75.2 Å². The average molecular weight is 579 g/mol. The smallest absolute Gasteiger partial charge is 0.337 e. The highest BCUT2D eigenvalue weighted by Crippen LogP contribution is 2.44. The second-order valence-electron chi connectivity index (χ2n) is 10.7. The Kier molecular flexibility index (Phi) is 8.93. The highest BCUT2D eigenvalue weighted by molar-refractivity contribution is 7.22. The van der Waals surface area contributed by atoms with Gasteiger partial charge in [-0.3, -0.25) is 0 Å². The number of thiazole rings is 1. The van der Waals surface area contributed by atoms with Crippen molar-refractivity contribution in [2.45, 2.75) is 66.1 Å². The Morgan fingerprint density at radius 1 is 1.05 bits per heavy atom. The van der Waals surface area contributed by atoms with E-state index in [9.17, 15) is 9.90 Å². The molecule has 7 nitrogen and oxygen atoms in total. The number of aliphatic carboxylic acids is 1. The van der Waals surface area contributed by atoms with Gasteiger partial charge >= 0.3 is 5.97 Å². The van der Waals surface area contributed by atoms with Crippen molar-refractivity contribution >= 4 is 50.2 Å².